The molecule has 0 spiro atoms. The molecule has 2 rings (SSSR count). The molecule has 0 aliphatic carbocycles. The number of nitrogens with zero attached hydrogens (tertiary/aromatic N) is 1. The normalized spacial score (nSPS) is 10.2. The molecule has 0 bridgehead atoms. The molecule has 13 heavy (non-hydrogen) atoms. The van der Waals surface area contributed by atoms with Gasteiger partial charge in [0, 0.05) is 12.1 Å². The summed E-state index contributed by atoms with van der Waals surface area (Å²) in [7, 11) is 0. The number of aromatic nitrogens is 1. The summed E-state index contributed by atoms with van der Waals surface area (Å²) in [5.41, 5.74) is 3.91. The zero-order chi connectivity index (χ0) is 9.26. The summed E-state index contributed by atoms with van der Waals surface area (Å²) in [4.78, 5) is 0. The molecule has 1 aromatic heterocycles. The number of para-hydroxylation sites is 1. The van der Waals surface area contributed by atoms with Crippen LogP contribution in [0, 0.1) is 5.21 Å². The summed E-state index contributed by atoms with van der Waals surface area (Å²) >= 11 is 0. The average molecular weight is 175 g/mol. The van der Waals surface area contributed by atoms with Crippen LogP contribution in [0.2, 0.25) is 0 Å². The number of nitrogen functional groups attached to an aromatic ring is 1. The second-order valence-corrected chi connectivity index (χ2v) is 2.72. The van der Waals surface area contributed by atoms with Crippen LogP contribution in [0.3, 0.4) is 0 Å². The molecule has 0 aliphatic heterocycles. The molecule has 0 aliphatic rings. The van der Waals surface area contributed by atoms with E-state index in [0.717, 1.165) is 15.8 Å². The molecule has 0 saturated carbocycles. The van der Waals surface area contributed by atoms with Crippen LogP contribution < -0.4 is 16.0 Å². The molecular formula is C9H9N3O. The summed E-state index contributed by atoms with van der Waals surface area (Å²) in [6, 6.07) is 8.93. The van der Waals surface area contributed by atoms with Gasteiger partial charge in [0.15, 0.2) is 6.20 Å². The van der Waals surface area contributed by atoms with Gasteiger partial charge in [0.1, 0.15) is 0 Å². The van der Waals surface area contributed by atoms with Crippen molar-refractivity contribution in [2.24, 2.45) is 5.84 Å². The Morgan fingerprint density at radius 1 is 1.23 bits per heavy atom. The number of rotatable bonds is 1. The van der Waals surface area contributed by atoms with E-state index in [2.05, 4.69) is 5.43 Å². The zero-order valence-corrected chi connectivity index (χ0v) is 6.90. The number of anilines is 1. The van der Waals surface area contributed by atoms with E-state index in [1.165, 1.54) is 6.20 Å². The second-order valence-electron chi connectivity index (χ2n) is 2.72. The van der Waals surface area contributed by atoms with Gasteiger partial charge < -0.3 is 10.6 Å². The van der Waals surface area contributed by atoms with Crippen LogP contribution in [0.5, 0.6) is 0 Å². The standard InChI is InChI=1S/C9H9N3O/c10-11-8-5-6-12(13)9-4-2-1-3-7(8)9/h1-6,11H,10H2. The number of hydrogen-bond acceptors (Lipinski definition) is 3. The second kappa shape index (κ2) is 2.91. The molecule has 66 valence electrons. The molecule has 2 aromatic rings. The van der Waals surface area contributed by atoms with Gasteiger partial charge in [0.2, 0.25) is 5.52 Å². The highest BCUT2D eigenvalue weighted by Crippen LogP contribution is 2.18. The van der Waals surface area contributed by atoms with Gasteiger partial charge in [-0.05, 0) is 6.07 Å². The van der Waals surface area contributed by atoms with Crippen molar-refractivity contribution in [1.29, 1.82) is 0 Å². The van der Waals surface area contributed by atoms with Gasteiger partial charge in [0.05, 0.1) is 11.1 Å². The Hall–Kier alpha value is -1.81. The van der Waals surface area contributed by atoms with Gasteiger partial charge in [-0.25, -0.2) is 0 Å². The van der Waals surface area contributed by atoms with Gasteiger partial charge in [0.25, 0.3) is 0 Å². The quantitative estimate of drug-likeness (QED) is 0.291. The van der Waals surface area contributed by atoms with Crippen LogP contribution in [0.1, 0.15) is 0 Å². The van der Waals surface area contributed by atoms with Crippen molar-refractivity contribution in [3.63, 3.8) is 0 Å². The van der Waals surface area contributed by atoms with Crippen molar-refractivity contribution in [2.45, 2.75) is 0 Å². The summed E-state index contributed by atoms with van der Waals surface area (Å²) in [5, 5.41) is 12.1. The highest BCUT2D eigenvalue weighted by molar-refractivity contribution is 5.88. The number of pyridine rings is 1. The number of benzene rings is 1. The molecule has 0 amide bonds. The maximum atomic E-state index is 11.3. The fourth-order valence-electron chi connectivity index (χ4n) is 1.33. The fraction of sp³-hybridized carbons (Fsp3) is 0. The number of nitrogens with two attached hydrogens (primary N) is 1. The summed E-state index contributed by atoms with van der Waals surface area (Å²) in [6.45, 7) is 0. The van der Waals surface area contributed by atoms with Crippen LogP contribution in [0.25, 0.3) is 10.9 Å². The molecule has 4 heteroatoms. The Balaban J connectivity index is 2.84. The first kappa shape index (κ1) is 7.82. The SMILES string of the molecule is NNc1cc[n+]([O-])c2ccccc12. The smallest absolute Gasteiger partial charge is 0.225 e. The van der Waals surface area contributed by atoms with E-state index in [4.69, 9.17) is 5.84 Å². The highest BCUT2D eigenvalue weighted by Gasteiger charge is 2.05. The van der Waals surface area contributed by atoms with E-state index in [1.54, 1.807) is 12.1 Å². The van der Waals surface area contributed by atoms with Crippen LogP contribution in [0.4, 0.5) is 5.69 Å². The largest absolute Gasteiger partial charge is 0.618 e. The molecule has 0 atom stereocenters. The lowest BCUT2D eigenvalue weighted by atomic mass is 10.2. The molecule has 1 aromatic carbocycles. The number of hydrogen-bond donors (Lipinski definition) is 2. The van der Waals surface area contributed by atoms with Gasteiger partial charge in [-0.3, -0.25) is 5.84 Å². The highest BCUT2D eigenvalue weighted by atomic mass is 16.5. The van der Waals surface area contributed by atoms with Gasteiger partial charge >= 0.3 is 0 Å². The Kier molecular flexibility index (Phi) is 1.75. The Labute approximate surface area is 75.2 Å². The molecular weight excluding hydrogens is 166 g/mol. The minimum atomic E-state index is 0.609. The third kappa shape index (κ3) is 1.17. The van der Waals surface area contributed by atoms with Gasteiger partial charge in [-0.15, -0.1) is 0 Å². The Morgan fingerprint density at radius 2 is 2.00 bits per heavy atom. The Bertz CT molecular complexity index is 442. The van der Waals surface area contributed by atoms with Crippen LogP contribution in [-0.4, -0.2) is 0 Å². The van der Waals surface area contributed by atoms with E-state index in [0.29, 0.717) is 5.52 Å². The Morgan fingerprint density at radius 3 is 2.77 bits per heavy atom. The predicted molar refractivity (Wildman–Crippen MR) is 50.7 cm³/mol. The summed E-state index contributed by atoms with van der Waals surface area (Å²) in [5.74, 6) is 5.30. The molecule has 1 heterocycles. The molecule has 0 radical (unpaired) electrons. The van der Waals surface area contributed by atoms with E-state index >= 15 is 0 Å². The third-order valence-corrected chi connectivity index (χ3v) is 1.96. The first-order valence-electron chi connectivity index (χ1n) is 3.90. The monoisotopic (exact) mass is 175 g/mol. The molecule has 3 N–H and O–H groups in total. The molecule has 0 unspecified atom stereocenters. The maximum absolute atomic E-state index is 11.3. The maximum Gasteiger partial charge on any atom is 0.225 e. The predicted octanol–water partition coefficient (Wildman–Crippen LogP) is 0.759. The van der Waals surface area contributed by atoms with Crippen LogP contribution in [-0.2, 0) is 0 Å². The van der Waals surface area contributed by atoms with Crippen LogP contribution >= 0.6 is 0 Å². The fourth-order valence-corrected chi connectivity index (χ4v) is 1.33. The average Bonchev–Trinajstić information content (AvgIpc) is 2.19. The van der Waals surface area contributed by atoms with Crippen molar-refractivity contribution in [1.82, 2.24) is 0 Å². The lowest BCUT2D eigenvalue weighted by molar-refractivity contribution is -0.576. The van der Waals surface area contributed by atoms with Crippen molar-refractivity contribution >= 4 is 16.6 Å². The van der Waals surface area contributed by atoms with E-state index in [-0.39, 0.29) is 0 Å². The number of fused-ring (bicyclic) bond motifs is 1. The third-order valence-electron chi connectivity index (χ3n) is 1.96. The summed E-state index contributed by atoms with van der Waals surface area (Å²) < 4.78 is 0.816. The lowest BCUT2D eigenvalue weighted by Crippen LogP contribution is -2.26. The minimum absolute atomic E-state index is 0.609. The lowest BCUT2D eigenvalue weighted by Gasteiger charge is -2.05. The molecule has 0 fully saturated rings. The summed E-state index contributed by atoms with van der Waals surface area (Å²) in [6.07, 6.45) is 1.43. The zero-order valence-electron chi connectivity index (χ0n) is 6.90. The van der Waals surface area contributed by atoms with Crippen LogP contribution in [0.15, 0.2) is 36.5 Å². The van der Waals surface area contributed by atoms with E-state index in [9.17, 15) is 5.21 Å². The number of nitrogens with one attached hydrogen (secondary N) is 1. The van der Waals surface area contributed by atoms with Gasteiger partial charge in [-0.2, -0.15) is 4.73 Å². The van der Waals surface area contributed by atoms with Crippen molar-refractivity contribution in [2.75, 3.05) is 5.43 Å². The topological polar surface area (TPSA) is 65.0 Å². The van der Waals surface area contributed by atoms with E-state index in [1.807, 2.05) is 18.2 Å². The minimum Gasteiger partial charge on any atom is -0.618 e. The molecule has 4 nitrogen and oxygen atoms in total. The van der Waals surface area contributed by atoms with Crippen molar-refractivity contribution in [3.05, 3.63) is 41.7 Å². The first-order valence-corrected chi connectivity index (χ1v) is 3.90. The first-order chi connectivity index (χ1) is 6.33. The van der Waals surface area contributed by atoms with Crippen molar-refractivity contribution < 1.29 is 4.73 Å². The van der Waals surface area contributed by atoms with Crippen molar-refractivity contribution in [3.8, 4) is 0 Å². The van der Waals surface area contributed by atoms with Gasteiger partial charge in [-0.1, -0.05) is 12.1 Å². The number of hydrazine groups is 1. The molecule has 0 saturated heterocycles. The van der Waals surface area contributed by atoms with E-state index < -0.39 is 0 Å².